The van der Waals surface area contributed by atoms with Gasteiger partial charge in [-0.25, -0.2) is 4.98 Å². The summed E-state index contributed by atoms with van der Waals surface area (Å²) in [4.78, 5) is 32.8. The van der Waals surface area contributed by atoms with Gasteiger partial charge in [-0.15, -0.1) is 0 Å². The topological polar surface area (TPSA) is 109 Å². The number of amides is 1. The van der Waals surface area contributed by atoms with E-state index in [0.29, 0.717) is 44.1 Å². The molecule has 0 aliphatic carbocycles. The summed E-state index contributed by atoms with van der Waals surface area (Å²) in [6.45, 7) is 7.77. The third-order valence-electron chi connectivity index (χ3n) is 5.25. The lowest BCUT2D eigenvalue weighted by atomic mass is 10.1. The van der Waals surface area contributed by atoms with Gasteiger partial charge >= 0.3 is 0 Å². The number of carbonyl (C=O) groups is 1. The van der Waals surface area contributed by atoms with Crippen LogP contribution in [0.15, 0.2) is 28.7 Å². The number of pyridine rings is 1. The van der Waals surface area contributed by atoms with E-state index in [4.69, 9.17) is 14.5 Å². The number of nitriles is 1. The average Bonchev–Trinajstić information content (AvgIpc) is 2.75. The number of hydrogen-bond donors (Lipinski definition) is 1. The van der Waals surface area contributed by atoms with Crippen LogP contribution in [0.2, 0.25) is 0 Å². The predicted molar refractivity (Wildman–Crippen MR) is 122 cm³/mol. The van der Waals surface area contributed by atoms with Crippen molar-refractivity contribution in [2.75, 3.05) is 38.3 Å². The third kappa shape index (κ3) is 5.15. The molecule has 2 aromatic rings. The van der Waals surface area contributed by atoms with Crippen LogP contribution >= 0.6 is 0 Å². The summed E-state index contributed by atoms with van der Waals surface area (Å²) in [5, 5.41) is 12.3. The van der Waals surface area contributed by atoms with Crippen LogP contribution in [0, 0.1) is 18.3 Å². The summed E-state index contributed by atoms with van der Waals surface area (Å²) >= 11 is 0. The maximum Gasteiger partial charge on any atom is 0.267 e. The summed E-state index contributed by atoms with van der Waals surface area (Å²) < 4.78 is 12.3. The quantitative estimate of drug-likeness (QED) is 0.397. The maximum absolute atomic E-state index is 13.4. The van der Waals surface area contributed by atoms with Crippen LogP contribution in [-0.2, 0) is 14.3 Å². The predicted octanol–water partition coefficient (Wildman–Crippen LogP) is 1.68. The minimum atomic E-state index is -0.535. The second kappa shape index (κ2) is 10.4. The van der Waals surface area contributed by atoms with Crippen molar-refractivity contribution in [2.45, 2.75) is 39.4 Å². The molecular formula is C23H29N5O4. The third-order valence-corrected chi connectivity index (χ3v) is 5.25. The van der Waals surface area contributed by atoms with Crippen molar-refractivity contribution < 1.29 is 14.3 Å². The molecular weight excluding hydrogens is 410 g/mol. The zero-order valence-electron chi connectivity index (χ0n) is 18.9. The van der Waals surface area contributed by atoms with Crippen LogP contribution in [0.3, 0.4) is 0 Å². The SMILES string of the molecule is COCCCNC(=O)C(C#N)=Cc1c(N2CC(C)OC(C)C2)nc2c(C)cccn2c1=O. The molecule has 0 spiro atoms. The molecule has 0 saturated carbocycles. The lowest BCUT2D eigenvalue weighted by Crippen LogP contribution is -2.46. The highest BCUT2D eigenvalue weighted by Gasteiger charge is 2.27. The number of morpholine rings is 1. The van der Waals surface area contributed by atoms with Gasteiger partial charge < -0.3 is 19.7 Å². The highest BCUT2D eigenvalue weighted by atomic mass is 16.5. The molecule has 0 radical (unpaired) electrons. The number of methoxy groups -OCH3 is 1. The minimum absolute atomic E-state index is 0.0489. The van der Waals surface area contributed by atoms with Crippen LogP contribution in [0.5, 0.6) is 0 Å². The molecule has 3 heterocycles. The summed E-state index contributed by atoms with van der Waals surface area (Å²) in [7, 11) is 1.58. The first kappa shape index (κ1) is 23.4. The van der Waals surface area contributed by atoms with Gasteiger partial charge in [-0.05, 0) is 44.9 Å². The molecule has 1 aliphatic rings. The fourth-order valence-electron chi connectivity index (χ4n) is 3.83. The summed E-state index contributed by atoms with van der Waals surface area (Å²) in [5.74, 6) is -0.0850. The number of nitrogens with one attached hydrogen (secondary N) is 1. The van der Waals surface area contributed by atoms with Crippen LogP contribution < -0.4 is 15.8 Å². The van der Waals surface area contributed by atoms with Crippen LogP contribution in [0.4, 0.5) is 5.82 Å². The first-order valence-corrected chi connectivity index (χ1v) is 10.7. The van der Waals surface area contributed by atoms with Crippen LogP contribution in [-0.4, -0.2) is 60.9 Å². The Morgan fingerprint density at radius 2 is 2.12 bits per heavy atom. The molecule has 170 valence electrons. The molecule has 1 saturated heterocycles. The number of aromatic nitrogens is 2. The van der Waals surface area contributed by atoms with Crippen molar-refractivity contribution in [3.8, 4) is 6.07 Å². The van der Waals surface area contributed by atoms with Gasteiger partial charge in [0.15, 0.2) is 0 Å². The van der Waals surface area contributed by atoms with Gasteiger partial charge in [-0.3, -0.25) is 14.0 Å². The van der Waals surface area contributed by atoms with Crippen molar-refractivity contribution in [2.24, 2.45) is 0 Å². The normalized spacial score (nSPS) is 19.1. The maximum atomic E-state index is 13.4. The first-order chi connectivity index (χ1) is 15.3. The Bertz CT molecular complexity index is 1110. The lowest BCUT2D eigenvalue weighted by Gasteiger charge is -2.36. The van der Waals surface area contributed by atoms with E-state index in [9.17, 15) is 14.9 Å². The number of aryl methyl sites for hydroxylation is 1. The molecule has 1 N–H and O–H groups in total. The van der Waals surface area contributed by atoms with E-state index in [1.807, 2.05) is 37.8 Å². The van der Waals surface area contributed by atoms with Crippen LogP contribution in [0.1, 0.15) is 31.4 Å². The molecule has 2 aromatic heterocycles. The van der Waals surface area contributed by atoms with Gasteiger partial charge in [0.1, 0.15) is 23.1 Å². The number of fused-ring (bicyclic) bond motifs is 1. The number of rotatable bonds is 7. The molecule has 0 bridgehead atoms. The molecule has 32 heavy (non-hydrogen) atoms. The number of ether oxygens (including phenoxy) is 2. The second-order valence-electron chi connectivity index (χ2n) is 7.97. The van der Waals surface area contributed by atoms with E-state index in [2.05, 4.69) is 5.32 Å². The van der Waals surface area contributed by atoms with Crippen LogP contribution in [0.25, 0.3) is 11.7 Å². The van der Waals surface area contributed by atoms with E-state index < -0.39 is 5.91 Å². The molecule has 2 atom stereocenters. The van der Waals surface area contributed by atoms with Crippen molar-refractivity contribution in [3.63, 3.8) is 0 Å². The Hall–Kier alpha value is -3.22. The molecule has 3 rings (SSSR count). The molecule has 1 aliphatic heterocycles. The number of hydrogen-bond acceptors (Lipinski definition) is 7. The average molecular weight is 440 g/mol. The fourth-order valence-corrected chi connectivity index (χ4v) is 3.83. The first-order valence-electron chi connectivity index (χ1n) is 10.7. The monoisotopic (exact) mass is 439 g/mol. The Morgan fingerprint density at radius 3 is 2.78 bits per heavy atom. The van der Waals surface area contributed by atoms with Gasteiger partial charge in [-0.2, -0.15) is 5.26 Å². The number of carbonyl (C=O) groups excluding carboxylic acids is 1. The summed E-state index contributed by atoms with van der Waals surface area (Å²) in [6.07, 6.45) is 3.50. The molecule has 9 heteroatoms. The zero-order chi connectivity index (χ0) is 23.3. The smallest absolute Gasteiger partial charge is 0.267 e. The Kier molecular flexibility index (Phi) is 7.62. The molecule has 2 unspecified atom stereocenters. The Balaban J connectivity index is 2.10. The molecule has 1 fully saturated rings. The Morgan fingerprint density at radius 1 is 1.41 bits per heavy atom. The van der Waals surface area contributed by atoms with Gasteiger partial charge in [0.05, 0.1) is 17.8 Å². The number of anilines is 1. The van der Waals surface area contributed by atoms with Crippen molar-refractivity contribution in [1.82, 2.24) is 14.7 Å². The standard InChI is InChI=1S/C23H29N5O4/c1-15-7-5-9-28-20(15)26-21(27-13-16(2)32-17(3)14-27)19(23(28)30)11-18(12-24)22(29)25-8-6-10-31-4/h5,7,9,11,16-17H,6,8,10,13-14H2,1-4H3,(H,25,29). The summed E-state index contributed by atoms with van der Waals surface area (Å²) in [6, 6.07) is 5.58. The van der Waals surface area contributed by atoms with Gasteiger partial charge in [0, 0.05) is 39.5 Å². The van der Waals surface area contributed by atoms with Crippen molar-refractivity contribution in [1.29, 1.82) is 5.26 Å². The molecule has 0 aromatic carbocycles. The Labute approximate surface area is 187 Å². The van der Waals surface area contributed by atoms with Crippen molar-refractivity contribution >= 4 is 23.4 Å². The molecule has 9 nitrogen and oxygen atoms in total. The van der Waals surface area contributed by atoms with E-state index in [1.165, 1.54) is 10.5 Å². The minimum Gasteiger partial charge on any atom is -0.385 e. The van der Waals surface area contributed by atoms with E-state index in [1.54, 1.807) is 19.4 Å². The van der Waals surface area contributed by atoms with Gasteiger partial charge in [0.2, 0.25) is 0 Å². The van der Waals surface area contributed by atoms with E-state index in [0.717, 1.165) is 5.56 Å². The zero-order valence-corrected chi connectivity index (χ0v) is 18.9. The van der Waals surface area contributed by atoms with E-state index in [-0.39, 0.29) is 28.9 Å². The summed E-state index contributed by atoms with van der Waals surface area (Å²) in [5.41, 5.74) is 1.12. The second-order valence-corrected chi connectivity index (χ2v) is 7.97. The van der Waals surface area contributed by atoms with Gasteiger partial charge in [0.25, 0.3) is 11.5 Å². The van der Waals surface area contributed by atoms with Crippen molar-refractivity contribution in [3.05, 3.63) is 45.4 Å². The fraction of sp³-hybridized carbons (Fsp3) is 0.478. The number of nitrogens with zero attached hydrogens (tertiary/aromatic N) is 4. The highest BCUT2D eigenvalue weighted by molar-refractivity contribution is 6.02. The highest BCUT2D eigenvalue weighted by Crippen LogP contribution is 2.24. The largest absolute Gasteiger partial charge is 0.385 e. The lowest BCUT2D eigenvalue weighted by molar-refractivity contribution is -0.117. The molecule has 1 amide bonds. The van der Waals surface area contributed by atoms with E-state index >= 15 is 0 Å². The van der Waals surface area contributed by atoms with Gasteiger partial charge in [-0.1, -0.05) is 6.07 Å².